The predicted octanol–water partition coefficient (Wildman–Crippen LogP) is -0.342. The molecule has 1 amide bonds. The first-order chi connectivity index (χ1) is 10.5. The maximum Gasteiger partial charge on any atom is 0.328 e. The normalized spacial score (nSPS) is 13.0. The van der Waals surface area contributed by atoms with Crippen LogP contribution in [0, 0.1) is 5.41 Å². The number of carbonyl (C=O) groups excluding carboxylic acids is 3. The van der Waals surface area contributed by atoms with Crippen LogP contribution in [0.25, 0.3) is 0 Å². The van der Waals surface area contributed by atoms with Gasteiger partial charge >= 0.3 is 5.97 Å². The molecular weight excluding hydrogens is 290 g/mol. The molecule has 8 heteroatoms. The van der Waals surface area contributed by atoms with Gasteiger partial charge in [0.15, 0.2) is 5.78 Å². The number of carbonyl (C=O) groups is 3. The van der Waals surface area contributed by atoms with Gasteiger partial charge in [-0.2, -0.15) is 0 Å². The number of methoxy groups -OCH3 is 1. The first-order valence-electron chi connectivity index (χ1n) is 7.20. The first-order valence-corrected chi connectivity index (χ1v) is 7.20. The Kier molecular flexibility index (Phi) is 10.8. The van der Waals surface area contributed by atoms with E-state index < -0.39 is 29.8 Å². The third kappa shape index (κ3) is 8.48. The Morgan fingerprint density at radius 3 is 2.55 bits per heavy atom. The summed E-state index contributed by atoms with van der Waals surface area (Å²) >= 11 is 0. The quantitative estimate of drug-likeness (QED) is 0.258. The molecule has 0 aliphatic carbocycles. The average molecular weight is 315 g/mol. The summed E-state index contributed by atoms with van der Waals surface area (Å²) in [6.07, 6.45) is 0.0392. The van der Waals surface area contributed by atoms with Crippen LogP contribution in [0.4, 0.5) is 0 Å². The first kappa shape index (κ1) is 20.2. The van der Waals surface area contributed by atoms with Crippen molar-refractivity contribution in [1.29, 1.82) is 5.41 Å². The third-order valence-electron chi connectivity index (χ3n) is 2.94. The fraction of sp³-hybridized carbons (Fsp3) is 0.714. The van der Waals surface area contributed by atoms with Gasteiger partial charge < -0.3 is 25.5 Å². The zero-order chi connectivity index (χ0) is 17.0. The number of ketones is 1. The Bertz CT molecular complexity index is 387. The smallest absolute Gasteiger partial charge is 0.328 e. The van der Waals surface area contributed by atoms with E-state index in [4.69, 9.17) is 14.9 Å². The van der Waals surface area contributed by atoms with E-state index in [9.17, 15) is 14.4 Å². The highest BCUT2D eigenvalue weighted by Gasteiger charge is 2.25. The second-order valence-corrected chi connectivity index (χ2v) is 4.61. The lowest BCUT2D eigenvalue weighted by atomic mass is 10.1. The molecule has 0 radical (unpaired) electrons. The molecule has 0 aromatic rings. The Morgan fingerprint density at radius 1 is 1.32 bits per heavy atom. The molecule has 126 valence electrons. The van der Waals surface area contributed by atoms with Crippen molar-refractivity contribution >= 4 is 23.9 Å². The van der Waals surface area contributed by atoms with E-state index in [2.05, 4.69) is 10.6 Å². The Hall–Kier alpha value is -1.80. The maximum absolute atomic E-state index is 12.0. The van der Waals surface area contributed by atoms with Crippen molar-refractivity contribution in [1.82, 2.24) is 10.6 Å². The number of rotatable bonds is 12. The standard InChI is InChI=1S/C14H25N3O5/c1-4-16-7-8-22-14(20)12(6-5-11(18)9-15)17-13(19)10(2)21-3/h9-10,12,15-16H,4-8H2,1-3H3,(H,17,19)/t10-,12-/m0/s1. The Labute approximate surface area is 130 Å². The fourth-order valence-corrected chi connectivity index (χ4v) is 1.50. The number of amides is 1. The van der Waals surface area contributed by atoms with Crippen LogP contribution in [0.15, 0.2) is 0 Å². The van der Waals surface area contributed by atoms with Crippen molar-refractivity contribution in [3.63, 3.8) is 0 Å². The highest BCUT2D eigenvalue weighted by Crippen LogP contribution is 2.02. The highest BCUT2D eigenvalue weighted by atomic mass is 16.5. The monoisotopic (exact) mass is 315 g/mol. The van der Waals surface area contributed by atoms with Crippen LogP contribution in [-0.4, -0.2) is 62.8 Å². The summed E-state index contributed by atoms with van der Waals surface area (Å²) in [7, 11) is 1.38. The molecule has 8 nitrogen and oxygen atoms in total. The molecule has 3 N–H and O–H groups in total. The van der Waals surface area contributed by atoms with Gasteiger partial charge in [-0.15, -0.1) is 0 Å². The van der Waals surface area contributed by atoms with Crippen LogP contribution in [0.1, 0.15) is 26.7 Å². The molecule has 0 aliphatic rings. The number of likely N-dealkylation sites (N-methyl/N-ethyl adjacent to an activating group) is 1. The van der Waals surface area contributed by atoms with Gasteiger partial charge in [-0.05, 0) is 19.9 Å². The van der Waals surface area contributed by atoms with Gasteiger partial charge in [0.2, 0.25) is 5.91 Å². The van der Waals surface area contributed by atoms with Crippen molar-refractivity contribution in [3.8, 4) is 0 Å². The van der Waals surface area contributed by atoms with Crippen LogP contribution < -0.4 is 10.6 Å². The van der Waals surface area contributed by atoms with Gasteiger partial charge in [0.25, 0.3) is 0 Å². The van der Waals surface area contributed by atoms with Crippen molar-refractivity contribution in [2.45, 2.75) is 38.8 Å². The second-order valence-electron chi connectivity index (χ2n) is 4.61. The molecule has 0 unspecified atom stereocenters. The maximum atomic E-state index is 12.0. The molecule has 22 heavy (non-hydrogen) atoms. The van der Waals surface area contributed by atoms with E-state index in [0.717, 1.165) is 6.54 Å². The van der Waals surface area contributed by atoms with Crippen LogP contribution >= 0.6 is 0 Å². The largest absolute Gasteiger partial charge is 0.463 e. The van der Waals surface area contributed by atoms with E-state index in [1.54, 1.807) is 6.92 Å². The van der Waals surface area contributed by atoms with Crippen molar-refractivity contribution in [3.05, 3.63) is 0 Å². The van der Waals surface area contributed by atoms with E-state index in [0.29, 0.717) is 12.8 Å². The van der Waals surface area contributed by atoms with Gasteiger partial charge in [-0.25, -0.2) is 4.79 Å². The van der Waals surface area contributed by atoms with Crippen LogP contribution in [0.3, 0.4) is 0 Å². The third-order valence-corrected chi connectivity index (χ3v) is 2.94. The molecule has 0 spiro atoms. The van der Waals surface area contributed by atoms with E-state index in [-0.39, 0.29) is 19.4 Å². The molecule has 2 atom stereocenters. The highest BCUT2D eigenvalue weighted by molar-refractivity contribution is 6.26. The topological polar surface area (TPSA) is 118 Å². The van der Waals surface area contributed by atoms with Gasteiger partial charge in [0.1, 0.15) is 18.8 Å². The molecule has 0 saturated carbocycles. The van der Waals surface area contributed by atoms with Crippen molar-refractivity contribution in [2.75, 3.05) is 26.8 Å². The summed E-state index contributed by atoms with van der Waals surface area (Å²) in [4.78, 5) is 34.9. The summed E-state index contributed by atoms with van der Waals surface area (Å²) in [6, 6.07) is -0.935. The number of hydrogen-bond donors (Lipinski definition) is 3. The van der Waals surface area contributed by atoms with Gasteiger partial charge in [-0.1, -0.05) is 6.92 Å². The Morgan fingerprint density at radius 2 is 2.00 bits per heavy atom. The SMILES string of the molecule is CCNCCOC(=O)[C@H](CCC(=O)C=N)NC(=O)[C@H](C)OC. The van der Waals surface area contributed by atoms with Crippen molar-refractivity contribution < 1.29 is 23.9 Å². The molecule has 0 rings (SSSR count). The average Bonchev–Trinajstić information content (AvgIpc) is 2.53. The Balaban J connectivity index is 4.55. The summed E-state index contributed by atoms with van der Waals surface area (Å²) in [5.74, 6) is -1.48. The number of esters is 1. The summed E-state index contributed by atoms with van der Waals surface area (Å²) in [5.41, 5.74) is 0. The zero-order valence-corrected chi connectivity index (χ0v) is 13.3. The molecular formula is C14H25N3O5. The van der Waals surface area contributed by atoms with E-state index in [1.165, 1.54) is 7.11 Å². The second kappa shape index (κ2) is 11.8. The number of ether oxygens (including phenoxy) is 2. The lowest BCUT2D eigenvalue weighted by Gasteiger charge is -2.19. The molecule has 0 aromatic carbocycles. The van der Waals surface area contributed by atoms with Gasteiger partial charge in [-0.3, -0.25) is 9.59 Å². The molecule has 0 aromatic heterocycles. The lowest BCUT2D eigenvalue weighted by Crippen LogP contribution is -2.46. The fourth-order valence-electron chi connectivity index (χ4n) is 1.50. The zero-order valence-electron chi connectivity index (χ0n) is 13.3. The van der Waals surface area contributed by atoms with Crippen LogP contribution in [0.2, 0.25) is 0 Å². The van der Waals surface area contributed by atoms with Gasteiger partial charge in [0.05, 0.1) is 6.21 Å². The molecule has 0 bridgehead atoms. The number of hydrogen-bond acceptors (Lipinski definition) is 7. The minimum Gasteiger partial charge on any atom is -0.463 e. The van der Waals surface area contributed by atoms with Gasteiger partial charge in [0, 0.05) is 20.1 Å². The summed E-state index contributed by atoms with van der Waals surface area (Å²) in [5, 5.41) is 12.4. The van der Waals surface area contributed by atoms with Crippen molar-refractivity contribution in [2.24, 2.45) is 0 Å². The number of Topliss-reactive ketones (excluding diaryl/α,β-unsaturated/α-hetero) is 1. The summed E-state index contributed by atoms with van der Waals surface area (Å²) in [6.45, 7) is 4.93. The molecule has 0 aliphatic heterocycles. The molecule has 0 heterocycles. The van der Waals surface area contributed by atoms with Crippen LogP contribution in [-0.2, 0) is 23.9 Å². The number of nitrogens with one attached hydrogen (secondary N) is 3. The minimum atomic E-state index is -0.935. The minimum absolute atomic E-state index is 0.0158. The molecule has 0 fully saturated rings. The molecule has 0 saturated heterocycles. The summed E-state index contributed by atoms with van der Waals surface area (Å²) < 4.78 is 9.94. The lowest BCUT2D eigenvalue weighted by molar-refractivity contribution is -0.149. The predicted molar refractivity (Wildman–Crippen MR) is 80.9 cm³/mol. The van der Waals surface area contributed by atoms with Crippen LogP contribution in [0.5, 0.6) is 0 Å². The van der Waals surface area contributed by atoms with E-state index in [1.807, 2.05) is 6.92 Å². The van der Waals surface area contributed by atoms with E-state index >= 15 is 0 Å².